The molecular weight excluding hydrogens is 273 g/mol. The molecule has 1 amide bonds. The normalized spacial score (nSPS) is 13.5. The molecule has 0 N–H and O–H groups in total. The third-order valence-electron chi connectivity index (χ3n) is 3.41. The van der Waals surface area contributed by atoms with Crippen molar-refractivity contribution in [2.24, 2.45) is 0 Å². The number of methoxy groups -OCH3 is 1. The van der Waals surface area contributed by atoms with E-state index in [1.54, 1.807) is 25.3 Å². The van der Waals surface area contributed by atoms with Gasteiger partial charge >= 0.3 is 0 Å². The molecule has 0 aliphatic carbocycles. The zero-order chi connectivity index (χ0) is 15.0. The summed E-state index contributed by atoms with van der Waals surface area (Å²) in [5.74, 6) is -1.07. The number of benzene rings is 2. The standard InChI is InChI=1S/C16H12FNO3/c1-21-12-4-2-3-10(7-12)9-18-14-8-11(17)5-6-13(14)15(19)16(18)20/h2-8H,9H2,1H3. The molecular formula is C16H12FNO3. The Morgan fingerprint density at radius 2 is 1.95 bits per heavy atom. The van der Waals surface area contributed by atoms with Crippen LogP contribution in [0.25, 0.3) is 0 Å². The van der Waals surface area contributed by atoms with Gasteiger partial charge in [-0.2, -0.15) is 0 Å². The number of ether oxygens (including phenoxy) is 1. The van der Waals surface area contributed by atoms with Crippen LogP contribution in [-0.4, -0.2) is 18.8 Å². The molecule has 0 spiro atoms. The summed E-state index contributed by atoms with van der Waals surface area (Å²) in [7, 11) is 1.55. The number of ketones is 1. The van der Waals surface area contributed by atoms with E-state index in [2.05, 4.69) is 0 Å². The number of hydrogen-bond donors (Lipinski definition) is 0. The SMILES string of the molecule is COc1cccc(CN2C(=O)C(=O)c3ccc(F)cc32)c1. The Labute approximate surface area is 120 Å². The summed E-state index contributed by atoms with van der Waals surface area (Å²) < 4.78 is 18.5. The van der Waals surface area contributed by atoms with Gasteiger partial charge in [0.05, 0.1) is 24.9 Å². The van der Waals surface area contributed by atoms with Crippen LogP contribution in [0.3, 0.4) is 0 Å². The quantitative estimate of drug-likeness (QED) is 0.814. The molecule has 0 radical (unpaired) electrons. The molecule has 0 saturated heterocycles. The molecule has 0 saturated carbocycles. The molecule has 4 nitrogen and oxygen atoms in total. The van der Waals surface area contributed by atoms with Crippen molar-refractivity contribution in [2.45, 2.75) is 6.54 Å². The molecule has 5 heteroatoms. The fourth-order valence-electron chi connectivity index (χ4n) is 2.38. The van der Waals surface area contributed by atoms with Crippen molar-refractivity contribution in [2.75, 3.05) is 12.0 Å². The van der Waals surface area contributed by atoms with Crippen molar-refractivity contribution in [1.82, 2.24) is 0 Å². The van der Waals surface area contributed by atoms with Crippen LogP contribution >= 0.6 is 0 Å². The highest BCUT2D eigenvalue weighted by molar-refractivity contribution is 6.52. The zero-order valence-corrected chi connectivity index (χ0v) is 11.3. The maximum absolute atomic E-state index is 13.4. The van der Waals surface area contributed by atoms with Gasteiger partial charge in [-0.15, -0.1) is 0 Å². The summed E-state index contributed by atoms with van der Waals surface area (Å²) >= 11 is 0. The largest absolute Gasteiger partial charge is 0.497 e. The van der Waals surface area contributed by atoms with E-state index in [-0.39, 0.29) is 12.1 Å². The lowest BCUT2D eigenvalue weighted by atomic mass is 10.1. The number of carbonyl (C=O) groups excluding carboxylic acids is 2. The first-order valence-corrected chi connectivity index (χ1v) is 6.39. The van der Waals surface area contributed by atoms with Crippen LogP contribution in [0.1, 0.15) is 15.9 Å². The van der Waals surface area contributed by atoms with Crippen LogP contribution < -0.4 is 9.64 Å². The van der Waals surface area contributed by atoms with Gasteiger partial charge < -0.3 is 9.64 Å². The van der Waals surface area contributed by atoms with Crippen LogP contribution in [0.15, 0.2) is 42.5 Å². The monoisotopic (exact) mass is 285 g/mol. The molecule has 2 aromatic rings. The number of halogens is 1. The third-order valence-corrected chi connectivity index (χ3v) is 3.41. The van der Waals surface area contributed by atoms with Crippen molar-refractivity contribution in [3.63, 3.8) is 0 Å². The lowest BCUT2D eigenvalue weighted by molar-refractivity contribution is -0.114. The van der Waals surface area contributed by atoms with E-state index in [1.165, 1.54) is 23.1 Å². The third kappa shape index (κ3) is 2.27. The van der Waals surface area contributed by atoms with Crippen LogP contribution in [0.5, 0.6) is 5.75 Å². The minimum Gasteiger partial charge on any atom is -0.497 e. The Balaban J connectivity index is 1.97. The van der Waals surface area contributed by atoms with E-state index in [4.69, 9.17) is 4.74 Å². The molecule has 21 heavy (non-hydrogen) atoms. The van der Waals surface area contributed by atoms with E-state index in [0.717, 1.165) is 5.56 Å². The Kier molecular flexibility index (Phi) is 3.17. The number of fused-ring (bicyclic) bond motifs is 1. The molecule has 1 aliphatic heterocycles. The number of Topliss-reactive ketones (excluding diaryl/α,β-unsaturated/α-hetero) is 1. The number of carbonyl (C=O) groups is 2. The fourth-order valence-corrected chi connectivity index (χ4v) is 2.38. The predicted octanol–water partition coefficient (Wildman–Crippen LogP) is 2.56. The number of nitrogens with zero attached hydrogens (tertiary/aromatic N) is 1. The fraction of sp³-hybridized carbons (Fsp3) is 0.125. The molecule has 1 aliphatic rings. The van der Waals surface area contributed by atoms with Gasteiger partial charge in [-0.1, -0.05) is 12.1 Å². The molecule has 2 aromatic carbocycles. The van der Waals surface area contributed by atoms with Gasteiger partial charge in [-0.25, -0.2) is 4.39 Å². The minimum absolute atomic E-state index is 0.193. The van der Waals surface area contributed by atoms with Crippen molar-refractivity contribution < 1.29 is 18.7 Å². The maximum atomic E-state index is 13.4. The smallest absolute Gasteiger partial charge is 0.299 e. The lowest BCUT2D eigenvalue weighted by Crippen LogP contribution is -2.29. The van der Waals surface area contributed by atoms with Crippen molar-refractivity contribution >= 4 is 17.4 Å². The molecule has 106 valence electrons. The summed E-state index contributed by atoms with van der Waals surface area (Å²) in [5, 5.41) is 0. The average molecular weight is 285 g/mol. The highest BCUT2D eigenvalue weighted by Gasteiger charge is 2.35. The maximum Gasteiger partial charge on any atom is 0.299 e. The molecule has 1 heterocycles. The molecule has 0 atom stereocenters. The molecule has 0 aromatic heterocycles. The van der Waals surface area contributed by atoms with Gasteiger partial charge in [-0.05, 0) is 35.9 Å². The molecule has 0 unspecified atom stereocenters. The second-order valence-electron chi connectivity index (χ2n) is 4.73. The van der Waals surface area contributed by atoms with Crippen molar-refractivity contribution in [1.29, 1.82) is 0 Å². The first-order chi connectivity index (χ1) is 10.1. The van der Waals surface area contributed by atoms with Crippen molar-refractivity contribution in [3.8, 4) is 5.75 Å². The molecule has 3 rings (SSSR count). The van der Waals surface area contributed by atoms with Crippen LogP contribution in [0.4, 0.5) is 10.1 Å². The summed E-state index contributed by atoms with van der Waals surface area (Å²) in [6.07, 6.45) is 0. The number of rotatable bonds is 3. The highest BCUT2D eigenvalue weighted by Crippen LogP contribution is 2.31. The van der Waals surface area contributed by atoms with E-state index in [9.17, 15) is 14.0 Å². The summed E-state index contributed by atoms with van der Waals surface area (Å²) in [5.41, 5.74) is 1.35. The number of hydrogen-bond acceptors (Lipinski definition) is 3. The number of anilines is 1. The average Bonchev–Trinajstić information content (AvgIpc) is 2.72. The molecule has 0 fully saturated rings. The van der Waals surface area contributed by atoms with Crippen LogP contribution in [0.2, 0.25) is 0 Å². The van der Waals surface area contributed by atoms with Gasteiger partial charge in [0.25, 0.3) is 11.7 Å². The first-order valence-electron chi connectivity index (χ1n) is 6.39. The van der Waals surface area contributed by atoms with Gasteiger partial charge in [0.1, 0.15) is 11.6 Å². The van der Waals surface area contributed by atoms with Gasteiger partial charge in [0, 0.05) is 0 Å². The molecule has 0 bridgehead atoms. The van der Waals surface area contributed by atoms with Crippen LogP contribution in [0, 0.1) is 5.82 Å². The summed E-state index contributed by atoms with van der Waals surface area (Å²) in [6.45, 7) is 0.193. The first kappa shape index (κ1) is 13.3. The minimum atomic E-state index is -0.640. The number of amides is 1. The van der Waals surface area contributed by atoms with Gasteiger partial charge in [0.2, 0.25) is 0 Å². The highest BCUT2D eigenvalue weighted by atomic mass is 19.1. The topological polar surface area (TPSA) is 46.6 Å². The Bertz CT molecular complexity index is 742. The lowest BCUT2D eigenvalue weighted by Gasteiger charge is -2.17. The Morgan fingerprint density at radius 1 is 1.14 bits per heavy atom. The Morgan fingerprint density at radius 3 is 2.71 bits per heavy atom. The summed E-state index contributed by atoms with van der Waals surface area (Å²) in [6, 6.07) is 10.9. The predicted molar refractivity (Wildman–Crippen MR) is 74.9 cm³/mol. The Hall–Kier alpha value is -2.69. The van der Waals surface area contributed by atoms with E-state index < -0.39 is 17.5 Å². The summed E-state index contributed by atoms with van der Waals surface area (Å²) in [4.78, 5) is 25.2. The van der Waals surface area contributed by atoms with Crippen molar-refractivity contribution in [3.05, 3.63) is 59.4 Å². The van der Waals surface area contributed by atoms with E-state index >= 15 is 0 Å². The van der Waals surface area contributed by atoms with Gasteiger partial charge in [-0.3, -0.25) is 9.59 Å². The van der Waals surface area contributed by atoms with E-state index in [1.807, 2.05) is 6.07 Å². The van der Waals surface area contributed by atoms with Gasteiger partial charge in [0.15, 0.2) is 0 Å². The zero-order valence-electron chi connectivity index (χ0n) is 11.3. The second kappa shape index (κ2) is 5.01. The van der Waals surface area contributed by atoms with E-state index in [0.29, 0.717) is 11.4 Å². The second-order valence-corrected chi connectivity index (χ2v) is 4.73. The van der Waals surface area contributed by atoms with Crippen LogP contribution in [-0.2, 0) is 11.3 Å².